The van der Waals surface area contributed by atoms with Crippen molar-refractivity contribution in [2.45, 2.75) is 95.1 Å². The van der Waals surface area contributed by atoms with Gasteiger partial charge in [0.15, 0.2) is 11.5 Å². The average Bonchev–Trinajstić information content (AvgIpc) is 4.10. The molecule has 4 amide bonds. The van der Waals surface area contributed by atoms with Crippen molar-refractivity contribution in [3.8, 4) is 0 Å². The number of nitrogens with one attached hydrogen (secondary N) is 3. The summed E-state index contributed by atoms with van der Waals surface area (Å²) in [5, 5.41) is 12.9. The van der Waals surface area contributed by atoms with Crippen LogP contribution in [0.2, 0.25) is 0 Å². The third-order valence-electron chi connectivity index (χ3n) is 13.7. The summed E-state index contributed by atoms with van der Waals surface area (Å²) < 4.78 is 35.8. The molecule has 1 aromatic carbocycles. The van der Waals surface area contributed by atoms with Crippen LogP contribution in [0.3, 0.4) is 0 Å². The summed E-state index contributed by atoms with van der Waals surface area (Å²) in [6.07, 6.45) is 6.99. The van der Waals surface area contributed by atoms with Gasteiger partial charge >= 0.3 is 0 Å². The number of carbonyl (C=O) groups is 4. The van der Waals surface area contributed by atoms with Gasteiger partial charge in [0.2, 0.25) is 11.8 Å². The van der Waals surface area contributed by atoms with Gasteiger partial charge in [-0.1, -0.05) is 6.07 Å². The van der Waals surface area contributed by atoms with E-state index in [9.17, 15) is 28.0 Å². The third kappa shape index (κ3) is 7.41. The van der Waals surface area contributed by atoms with E-state index in [0.29, 0.717) is 42.6 Å². The van der Waals surface area contributed by atoms with Crippen molar-refractivity contribution in [1.82, 2.24) is 35.0 Å². The molecule has 1 aliphatic carbocycles. The Morgan fingerprint density at radius 2 is 1.82 bits per heavy atom. The Balaban J connectivity index is 0.693. The van der Waals surface area contributed by atoms with Crippen molar-refractivity contribution < 1.29 is 32.7 Å². The summed E-state index contributed by atoms with van der Waals surface area (Å²) in [6.45, 7) is 5.50. The van der Waals surface area contributed by atoms with Gasteiger partial charge in [-0.05, 0) is 94.5 Å². The van der Waals surface area contributed by atoms with Gasteiger partial charge in [0.25, 0.3) is 18.2 Å². The number of likely N-dealkylation sites (tertiary alicyclic amines) is 1. The van der Waals surface area contributed by atoms with Crippen molar-refractivity contribution in [3.05, 3.63) is 53.3 Å². The molecule has 3 aromatic rings. The summed E-state index contributed by atoms with van der Waals surface area (Å²) in [5.41, 5.74) is 2.46. The first kappa shape index (κ1) is 38.8. The van der Waals surface area contributed by atoms with Crippen LogP contribution in [0.1, 0.15) is 84.1 Å². The number of aliphatic imine (C=N–C) groups is 2. The van der Waals surface area contributed by atoms with Crippen LogP contribution in [0.5, 0.6) is 0 Å². The lowest BCUT2D eigenvalue weighted by Gasteiger charge is -2.37. The molecule has 10 rings (SSSR count). The Hall–Kier alpha value is -5.36. The van der Waals surface area contributed by atoms with Gasteiger partial charge in [0.1, 0.15) is 29.3 Å². The maximum absolute atomic E-state index is 14.3. The Kier molecular flexibility index (Phi) is 10.3. The number of hydrogen-bond acceptors (Lipinski definition) is 12. The quantitative estimate of drug-likeness (QED) is 0.257. The highest BCUT2D eigenvalue weighted by atomic mass is 19.3. The largest absolute Gasteiger partial charge is 0.384 e. The van der Waals surface area contributed by atoms with Crippen molar-refractivity contribution in [3.63, 3.8) is 0 Å². The lowest BCUT2D eigenvalue weighted by molar-refractivity contribution is -0.136. The number of fused-ring (bicyclic) bond motifs is 4. The normalized spacial score (nSPS) is 28.4. The Morgan fingerprint density at radius 3 is 2.57 bits per heavy atom. The van der Waals surface area contributed by atoms with Crippen LogP contribution in [-0.4, -0.2) is 130 Å². The summed E-state index contributed by atoms with van der Waals surface area (Å²) in [5.74, 6) is 0.0743. The molecule has 18 heteroatoms. The van der Waals surface area contributed by atoms with Gasteiger partial charge in [-0.25, -0.2) is 23.3 Å². The van der Waals surface area contributed by atoms with Crippen LogP contribution < -0.4 is 20.9 Å². The number of morpholine rings is 1. The number of imide groups is 1. The van der Waals surface area contributed by atoms with E-state index in [2.05, 4.69) is 40.8 Å². The van der Waals surface area contributed by atoms with Gasteiger partial charge in [-0.2, -0.15) is 5.10 Å². The average molecular weight is 826 g/mol. The highest BCUT2D eigenvalue weighted by Gasteiger charge is 2.42. The lowest BCUT2D eigenvalue weighted by atomic mass is 9.80. The zero-order chi connectivity index (χ0) is 41.1. The predicted octanol–water partition coefficient (Wildman–Crippen LogP) is 3.27. The molecule has 316 valence electrons. The first-order chi connectivity index (χ1) is 29.1. The smallest absolute Gasteiger partial charge is 0.283 e. The fraction of sp³-hybridized carbons (Fsp3) is 0.571. The number of aromatic nitrogens is 3. The molecule has 1 saturated carbocycles. The van der Waals surface area contributed by atoms with Gasteiger partial charge in [-0.3, -0.25) is 29.5 Å². The number of nitrogens with zero attached hydrogens (tertiary/aromatic N) is 8. The monoisotopic (exact) mass is 825 g/mol. The van der Waals surface area contributed by atoms with Crippen molar-refractivity contribution in [1.29, 1.82) is 0 Å². The molecule has 2 aromatic heterocycles. The maximum Gasteiger partial charge on any atom is 0.283 e. The van der Waals surface area contributed by atoms with E-state index >= 15 is 0 Å². The summed E-state index contributed by atoms with van der Waals surface area (Å²) in [7, 11) is 0. The summed E-state index contributed by atoms with van der Waals surface area (Å²) in [4.78, 5) is 70.9. The molecule has 6 aliphatic heterocycles. The second kappa shape index (κ2) is 15.9. The predicted molar refractivity (Wildman–Crippen MR) is 216 cm³/mol. The molecule has 0 spiro atoms. The molecular formula is C42H49F2N11O5. The molecule has 3 N–H and O–H groups in total. The number of ether oxygens (including phenoxy) is 1. The summed E-state index contributed by atoms with van der Waals surface area (Å²) >= 11 is 0. The van der Waals surface area contributed by atoms with E-state index in [4.69, 9.17) is 9.72 Å². The van der Waals surface area contributed by atoms with Gasteiger partial charge in [-0.15, -0.1) is 0 Å². The van der Waals surface area contributed by atoms with Crippen LogP contribution >= 0.6 is 0 Å². The van der Waals surface area contributed by atoms with E-state index in [-0.39, 0.29) is 47.7 Å². The van der Waals surface area contributed by atoms with E-state index in [0.717, 1.165) is 94.7 Å². The number of amidine groups is 1. The van der Waals surface area contributed by atoms with Crippen molar-refractivity contribution >= 4 is 52.3 Å². The number of anilines is 2. The van der Waals surface area contributed by atoms with Crippen LogP contribution in [0.15, 0.2) is 46.6 Å². The second-order valence-corrected chi connectivity index (χ2v) is 17.4. The van der Waals surface area contributed by atoms with Gasteiger partial charge < -0.3 is 30.1 Å². The number of carbonyl (C=O) groups excluding carboxylic acids is 4. The Labute approximate surface area is 345 Å². The molecule has 2 bridgehead atoms. The van der Waals surface area contributed by atoms with E-state index in [1.54, 1.807) is 17.2 Å². The third-order valence-corrected chi connectivity index (χ3v) is 13.7. The maximum atomic E-state index is 14.3. The van der Waals surface area contributed by atoms with E-state index in [1.165, 1.54) is 10.7 Å². The highest BCUT2D eigenvalue weighted by molar-refractivity contribution is 6.46. The summed E-state index contributed by atoms with van der Waals surface area (Å²) in [6, 6.07) is 7.12. The first-order valence-electron chi connectivity index (χ1n) is 21.4. The SMILES string of the molecule is O=C1CCC(N2Cc3c(NCC4CCN(CC5CCC([C@@H]6N=C(NC(=O)c7cnn8ccc(N9C[C@H]%10C[C@@H]9CO%10)nc78)C(C(F)F)=N6)CC5)CC4)cccc3C2=O)C(=O)N1. The minimum absolute atomic E-state index is 0.0213. The Bertz CT molecular complexity index is 2270. The number of benzene rings is 1. The van der Waals surface area contributed by atoms with Crippen LogP contribution in [0.4, 0.5) is 20.3 Å². The number of piperidine rings is 2. The zero-order valence-electron chi connectivity index (χ0n) is 33.3. The minimum Gasteiger partial charge on any atom is -0.384 e. The van der Waals surface area contributed by atoms with Crippen molar-refractivity contribution in [2.75, 3.05) is 49.5 Å². The molecule has 60 heavy (non-hydrogen) atoms. The van der Waals surface area contributed by atoms with Crippen LogP contribution in [-0.2, 0) is 20.9 Å². The number of hydrogen-bond donors (Lipinski definition) is 3. The lowest BCUT2D eigenvalue weighted by Crippen LogP contribution is -2.52. The fourth-order valence-electron chi connectivity index (χ4n) is 10.3. The van der Waals surface area contributed by atoms with Crippen molar-refractivity contribution in [2.24, 2.45) is 27.7 Å². The highest BCUT2D eigenvalue weighted by Crippen LogP contribution is 2.37. The number of halogens is 2. The van der Waals surface area contributed by atoms with E-state index < -0.39 is 36.2 Å². The number of rotatable bonds is 10. The standard InChI is InChI=1S/C42H49F2N11O5/c43-36(44)35-38(51-40(57)29-18-46-55-15-12-33(47-39(29)55)53-20-27-16-26(53)22-60-27)50-37(49-35)25-6-4-24(5-7-25)19-52-13-10-23(11-14-52)17-45-31-3-1-2-28-30(31)21-54(42(28)59)32-8-9-34(56)48-41(32)58/h1-3,12,15,18,23-27,32,36-37,45H,4-11,13-14,16-17,19-22H2,(H,48,56,58)(H,50,51,57)/t24?,25?,26-,27-,32?,37+/m1/s1. The molecule has 4 atom stereocenters. The van der Waals surface area contributed by atoms with E-state index in [1.807, 2.05) is 18.2 Å². The topological polar surface area (TPSA) is 178 Å². The molecule has 8 heterocycles. The molecule has 1 unspecified atom stereocenters. The fourth-order valence-corrected chi connectivity index (χ4v) is 10.3. The van der Waals surface area contributed by atoms with Gasteiger partial charge in [0, 0.05) is 61.5 Å². The Morgan fingerprint density at radius 1 is 0.983 bits per heavy atom. The van der Waals surface area contributed by atoms with Gasteiger partial charge in [0.05, 0.1) is 24.9 Å². The minimum atomic E-state index is -2.88. The molecule has 5 fully saturated rings. The molecule has 16 nitrogen and oxygen atoms in total. The molecule has 4 saturated heterocycles. The second-order valence-electron chi connectivity index (χ2n) is 17.4. The van der Waals surface area contributed by atoms with Crippen LogP contribution in [0, 0.1) is 17.8 Å². The number of amides is 4. The zero-order valence-corrected chi connectivity index (χ0v) is 33.3. The van der Waals surface area contributed by atoms with Crippen LogP contribution in [0.25, 0.3) is 5.65 Å². The molecular weight excluding hydrogens is 777 g/mol. The number of alkyl halides is 2. The first-order valence-corrected chi connectivity index (χ1v) is 21.4. The molecule has 7 aliphatic rings. The molecule has 0 radical (unpaired) electrons.